The highest BCUT2D eigenvalue weighted by atomic mass is 35.5. The van der Waals surface area contributed by atoms with Gasteiger partial charge in [-0.2, -0.15) is 0 Å². The quantitative estimate of drug-likeness (QED) is 0.503. The first-order valence-electron chi connectivity index (χ1n) is 10.1. The molecule has 0 aliphatic carbocycles. The Balaban J connectivity index is 1.82. The Morgan fingerprint density at radius 1 is 1.19 bits per heavy atom. The second kappa shape index (κ2) is 8.81. The smallest absolute Gasteiger partial charge is 0.254 e. The summed E-state index contributed by atoms with van der Waals surface area (Å²) in [5.41, 5.74) is 1.55. The molecule has 0 saturated carbocycles. The highest BCUT2D eigenvalue weighted by Crippen LogP contribution is 2.45. The molecule has 0 unspecified atom stereocenters. The fraction of sp³-hybridized carbons (Fsp3) is 0.250. The molecule has 2 atom stereocenters. The van der Waals surface area contributed by atoms with E-state index in [0.29, 0.717) is 23.4 Å². The normalized spacial score (nSPS) is 18.2. The summed E-state index contributed by atoms with van der Waals surface area (Å²) in [6.45, 7) is 4.62. The van der Waals surface area contributed by atoms with Gasteiger partial charge in [0.2, 0.25) is 5.91 Å². The van der Waals surface area contributed by atoms with Gasteiger partial charge < -0.3 is 10.2 Å². The predicted octanol–water partition coefficient (Wildman–Crippen LogP) is 6.12. The van der Waals surface area contributed by atoms with Gasteiger partial charge in [-0.25, -0.2) is 4.39 Å². The number of carbonyl (C=O) groups is 2. The van der Waals surface area contributed by atoms with Crippen molar-refractivity contribution in [2.45, 2.75) is 25.8 Å². The van der Waals surface area contributed by atoms with Gasteiger partial charge in [0.1, 0.15) is 5.82 Å². The third-order valence-corrected chi connectivity index (χ3v) is 6.56. The van der Waals surface area contributed by atoms with Crippen LogP contribution >= 0.6 is 22.9 Å². The number of hydrogen-bond donors (Lipinski definition) is 1. The van der Waals surface area contributed by atoms with Crippen molar-refractivity contribution in [2.24, 2.45) is 5.92 Å². The molecule has 4 nitrogen and oxygen atoms in total. The number of hydrogen-bond acceptors (Lipinski definition) is 3. The molecule has 31 heavy (non-hydrogen) atoms. The summed E-state index contributed by atoms with van der Waals surface area (Å²) in [7, 11) is 0. The van der Waals surface area contributed by atoms with Crippen LogP contribution in [0.5, 0.6) is 0 Å². The zero-order valence-electron chi connectivity index (χ0n) is 17.1. The van der Waals surface area contributed by atoms with Crippen LogP contribution in [0, 0.1) is 11.7 Å². The second-order valence-electron chi connectivity index (χ2n) is 7.99. The number of rotatable bonds is 5. The van der Waals surface area contributed by atoms with Gasteiger partial charge >= 0.3 is 0 Å². The predicted molar refractivity (Wildman–Crippen MR) is 122 cm³/mol. The van der Waals surface area contributed by atoms with E-state index in [4.69, 9.17) is 11.6 Å². The highest BCUT2D eigenvalue weighted by Gasteiger charge is 2.44. The van der Waals surface area contributed by atoms with E-state index >= 15 is 0 Å². The van der Waals surface area contributed by atoms with Crippen molar-refractivity contribution in [3.63, 3.8) is 0 Å². The SMILES string of the molecule is CC(C)CN1C(=O)c2ccccc2[C@H](C(=O)Nc2ccc(F)cc2Cl)[C@H]1c1cccs1. The average Bonchev–Trinajstić information content (AvgIpc) is 3.26. The van der Waals surface area contributed by atoms with Gasteiger partial charge in [-0.3, -0.25) is 9.59 Å². The van der Waals surface area contributed by atoms with Crippen molar-refractivity contribution in [1.29, 1.82) is 0 Å². The number of amides is 2. The fourth-order valence-electron chi connectivity index (χ4n) is 4.05. The molecule has 1 N–H and O–H groups in total. The molecule has 1 aliphatic heterocycles. The van der Waals surface area contributed by atoms with E-state index in [2.05, 4.69) is 5.32 Å². The lowest BCUT2D eigenvalue weighted by atomic mass is 9.81. The van der Waals surface area contributed by atoms with E-state index in [0.717, 1.165) is 10.9 Å². The summed E-state index contributed by atoms with van der Waals surface area (Å²) in [6.07, 6.45) is 0. The maximum Gasteiger partial charge on any atom is 0.254 e. The van der Waals surface area contributed by atoms with Crippen molar-refractivity contribution >= 4 is 40.4 Å². The zero-order chi connectivity index (χ0) is 22.1. The molecular formula is C24H22ClFN2O2S. The van der Waals surface area contributed by atoms with E-state index < -0.39 is 17.8 Å². The molecule has 3 aromatic rings. The van der Waals surface area contributed by atoms with Crippen LogP contribution in [0.2, 0.25) is 5.02 Å². The van der Waals surface area contributed by atoms with Crippen LogP contribution in [0.3, 0.4) is 0 Å². The third kappa shape index (κ3) is 4.23. The maximum atomic E-state index is 13.6. The molecule has 7 heteroatoms. The van der Waals surface area contributed by atoms with Crippen LogP contribution in [0.4, 0.5) is 10.1 Å². The molecule has 0 spiro atoms. The van der Waals surface area contributed by atoms with Crippen molar-refractivity contribution in [3.8, 4) is 0 Å². The zero-order valence-corrected chi connectivity index (χ0v) is 18.7. The number of anilines is 1. The van der Waals surface area contributed by atoms with Crippen LogP contribution in [-0.4, -0.2) is 23.3 Å². The topological polar surface area (TPSA) is 49.4 Å². The fourth-order valence-corrected chi connectivity index (χ4v) is 5.14. The van der Waals surface area contributed by atoms with Crippen LogP contribution in [-0.2, 0) is 4.79 Å². The Kier molecular flexibility index (Phi) is 6.12. The Hall–Kier alpha value is -2.70. The maximum absolute atomic E-state index is 13.6. The first-order valence-corrected chi connectivity index (χ1v) is 11.3. The van der Waals surface area contributed by atoms with Crippen molar-refractivity contribution < 1.29 is 14.0 Å². The van der Waals surface area contributed by atoms with Gasteiger partial charge in [-0.15, -0.1) is 11.3 Å². The van der Waals surface area contributed by atoms with Gasteiger partial charge in [0.15, 0.2) is 0 Å². The van der Waals surface area contributed by atoms with E-state index in [1.165, 1.54) is 23.5 Å². The molecule has 4 rings (SSSR count). The molecule has 0 saturated heterocycles. The molecule has 2 amide bonds. The van der Waals surface area contributed by atoms with Crippen LogP contribution in [0.15, 0.2) is 60.0 Å². The number of thiophene rings is 1. The summed E-state index contributed by atoms with van der Waals surface area (Å²) in [5, 5.41) is 4.93. The molecule has 1 aromatic heterocycles. The van der Waals surface area contributed by atoms with Gasteiger partial charge in [-0.05, 0) is 47.2 Å². The minimum absolute atomic E-state index is 0.0773. The van der Waals surface area contributed by atoms with Crippen molar-refractivity contribution in [1.82, 2.24) is 4.90 Å². The highest BCUT2D eigenvalue weighted by molar-refractivity contribution is 7.10. The minimum Gasteiger partial charge on any atom is -0.329 e. The molecule has 160 valence electrons. The number of fused-ring (bicyclic) bond motifs is 1. The lowest BCUT2D eigenvalue weighted by Crippen LogP contribution is -2.47. The van der Waals surface area contributed by atoms with Crippen LogP contribution in [0.25, 0.3) is 0 Å². The van der Waals surface area contributed by atoms with Gasteiger partial charge in [-0.1, -0.05) is 49.7 Å². The first-order chi connectivity index (χ1) is 14.9. The molecule has 1 aliphatic rings. The summed E-state index contributed by atoms with van der Waals surface area (Å²) in [4.78, 5) is 29.8. The third-order valence-electron chi connectivity index (χ3n) is 5.31. The van der Waals surface area contributed by atoms with Gasteiger partial charge in [0.25, 0.3) is 5.91 Å². The standard InChI is InChI=1S/C24H22ClFN2O2S/c1-14(2)13-28-22(20-8-5-11-31-20)21(16-6-3-4-7-17(16)24(28)30)23(29)27-19-10-9-15(26)12-18(19)25/h3-12,14,21-22H,13H2,1-2H3,(H,27,29)/t21-,22+/m0/s1. The minimum atomic E-state index is -0.632. The van der Waals surface area contributed by atoms with Crippen molar-refractivity contribution in [2.75, 3.05) is 11.9 Å². The number of carbonyl (C=O) groups excluding carboxylic acids is 2. The lowest BCUT2D eigenvalue weighted by molar-refractivity contribution is -0.119. The monoisotopic (exact) mass is 456 g/mol. The molecule has 2 aromatic carbocycles. The number of nitrogens with one attached hydrogen (secondary N) is 1. The Morgan fingerprint density at radius 3 is 2.65 bits per heavy atom. The molecule has 0 fully saturated rings. The van der Waals surface area contributed by atoms with Gasteiger partial charge in [0.05, 0.1) is 22.7 Å². The summed E-state index contributed by atoms with van der Waals surface area (Å²) in [5.74, 6) is -1.25. The second-order valence-corrected chi connectivity index (χ2v) is 9.38. The van der Waals surface area contributed by atoms with Crippen LogP contribution < -0.4 is 5.32 Å². The van der Waals surface area contributed by atoms with E-state index in [1.54, 1.807) is 11.0 Å². The Morgan fingerprint density at radius 2 is 1.97 bits per heavy atom. The molecule has 0 bridgehead atoms. The Bertz CT molecular complexity index is 1120. The molecule has 2 heterocycles. The summed E-state index contributed by atoms with van der Waals surface area (Å²) in [6, 6.07) is 14.5. The average molecular weight is 457 g/mol. The molecular weight excluding hydrogens is 435 g/mol. The van der Waals surface area contributed by atoms with E-state index in [9.17, 15) is 14.0 Å². The largest absolute Gasteiger partial charge is 0.329 e. The summed E-state index contributed by atoms with van der Waals surface area (Å²) >= 11 is 7.67. The summed E-state index contributed by atoms with van der Waals surface area (Å²) < 4.78 is 13.5. The first kappa shape index (κ1) is 21.5. The Labute approximate surface area is 189 Å². The number of halogens is 2. The van der Waals surface area contributed by atoms with E-state index in [1.807, 2.05) is 49.6 Å². The van der Waals surface area contributed by atoms with Crippen LogP contribution in [0.1, 0.15) is 46.6 Å². The lowest BCUT2D eigenvalue weighted by Gasteiger charge is -2.42. The van der Waals surface area contributed by atoms with Crippen molar-refractivity contribution in [3.05, 3.63) is 86.8 Å². The van der Waals surface area contributed by atoms with Gasteiger partial charge in [0, 0.05) is 17.0 Å². The number of nitrogens with zero attached hydrogens (tertiary/aromatic N) is 1. The number of benzene rings is 2. The van der Waals surface area contributed by atoms with E-state index in [-0.39, 0.29) is 22.8 Å². The molecule has 0 radical (unpaired) electrons.